The Balaban J connectivity index is -0.000000902. The van der Waals surface area contributed by atoms with Crippen molar-refractivity contribution in [3.05, 3.63) is 36.4 Å². The summed E-state index contributed by atoms with van der Waals surface area (Å²) in [6.07, 6.45) is 0. The summed E-state index contributed by atoms with van der Waals surface area (Å²) in [5.74, 6) is 0. The van der Waals surface area contributed by atoms with E-state index in [0.29, 0.717) is 6.07 Å². The van der Waals surface area contributed by atoms with Crippen molar-refractivity contribution in [2.45, 2.75) is 9.79 Å². The first kappa shape index (κ1) is 21.8. The van der Waals surface area contributed by atoms with E-state index in [9.17, 15) is 16.8 Å². The van der Waals surface area contributed by atoms with Crippen LogP contribution in [0.4, 0.5) is 0 Å². The minimum absolute atomic E-state index is 0. The second-order valence-electron chi connectivity index (χ2n) is 3.59. The standard InChI is InChI=1S/C10H8O6S2.2K.2H/c11-17(12,13)8-5-7-3-1-2-4-9(7)10(6-8)18(14,15)16;;;;/h1-6H,(H,11,12,13)(H,14,15,16);;;;/q;2*+1;2*-1. The number of hydrogen-bond acceptors (Lipinski definition) is 4. The second-order valence-corrected chi connectivity index (χ2v) is 6.40. The average molecular weight is 369 g/mol. The molecule has 0 aliphatic rings. The van der Waals surface area contributed by atoms with Crippen molar-refractivity contribution < 1.29 is 132 Å². The molecular formula is C10H10K2O6S2. The van der Waals surface area contributed by atoms with Gasteiger partial charge in [-0.3, -0.25) is 9.11 Å². The van der Waals surface area contributed by atoms with Gasteiger partial charge in [-0.15, -0.1) is 0 Å². The Bertz CT molecular complexity index is 840. The van der Waals surface area contributed by atoms with E-state index < -0.39 is 30.0 Å². The molecule has 0 amide bonds. The molecule has 0 heterocycles. The average Bonchev–Trinajstić information content (AvgIpc) is 2.25. The Morgan fingerprint density at radius 2 is 1.40 bits per heavy atom. The fourth-order valence-electron chi connectivity index (χ4n) is 1.61. The Labute approximate surface area is 204 Å². The van der Waals surface area contributed by atoms with Gasteiger partial charge in [0.05, 0.1) is 4.90 Å². The second kappa shape index (κ2) is 8.06. The van der Waals surface area contributed by atoms with Crippen molar-refractivity contribution in [1.82, 2.24) is 0 Å². The third-order valence-electron chi connectivity index (χ3n) is 2.37. The van der Waals surface area contributed by atoms with Crippen LogP contribution >= 0.6 is 0 Å². The molecule has 0 unspecified atom stereocenters. The minimum Gasteiger partial charge on any atom is -1.00 e. The molecule has 0 aliphatic carbocycles. The summed E-state index contributed by atoms with van der Waals surface area (Å²) in [5.41, 5.74) is 0. The van der Waals surface area contributed by atoms with Gasteiger partial charge in [0, 0.05) is 5.39 Å². The summed E-state index contributed by atoms with van der Waals surface area (Å²) in [4.78, 5) is -1.15. The summed E-state index contributed by atoms with van der Waals surface area (Å²) in [6.45, 7) is 0. The zero-order valence-electron chi connectivity index (χ0n) is 12.8. The first-order valence-corrected chi connectivity index (χ1v) is 7.55. The molecule has 0 bridgehead atoms. The molecule has 6 nitrogen and oxygen atoms in total. The Morgan fingerprint density at radius 3 is 1.90 bits per heavy atom. The Hall–Kier alpha value is 1.79. The molecule has 0 aromatic heterocycles. The molecule has 2 rings (SSSR count). The van der Waals surface area contributed by atoms with Gasteiger partial charge in [0.1, 0.15) is 4.90 Å². The van der Waals surface area contributed by atoms with Gasteiger partial charge in [0.2, 0.25) is 0 Å². The van der Waals surface area contributed by atoms with Crippen molar-refractivity contribution >= 4 is 31.0 Å². The molecule has 0 saturated carbocycles. The van der Waals surface area contributed by atoms with Crippen LogP contribution in [-0.2, 0) is 20.2 Å². The summed E-state index contributed by atoms with van der Waals surface area (Å²) < 4.78 is 62.5. The van der Waals surface area contributed by atoms with Crippen LogP contribution in [-0.4, -0.2) is 25.9 Å². The van der Waals surface area contributed by atoms with E-state index in [1.54, 1.807) is 12.1 Å². The van der Waals surface area contributed by atoms with Gasteiger partial charge in [-0.25, -0.2) is 0 Å². The van der Waals surface area contributed by atoms with E-state index in [2.05, 4.69) is 0 Å². The van der Waals surface area contributed by atoms with Crippen LogP contribution in [0.25, 0.3) is 10.8 Å². The van der Waals surface area contributed by atoms with Gasteiger partial charge >= 0.3 is 103 Å². The topological polar surface area (TPSA) is 109 Å². The molecule has 0 spiro atoms. The van der Waals surface area contributed by atoms with Crippen molar-refractivity contribution in [2.24, 2.45) is 0 Å². The molecule has 0 saturated heterocycles. The van der Waals surface area contributed by atoms with E-state index in [-0.39, 0.29) is 116 Å². The van der Waals surface area contributed by atoms with E-state index in [1.165, 1.54) is 12.1 Å². The van der Waals surface area contributed by atoms with E-state index >= 15 is 0 Å². The molecular weight excluding hydrogens is 358 g/mol. The number of rotatable bonds is 2. The van der Waals surface area contributed by atoms with Gasteiger partial charge in [0.15, 0.2) is 0 Å². The zero-order chi connectivity index (χ0) is 13.6. The molecule has 0 atom stereocenters. The molecule has 20 heavy (non-hydrogen) atoms. The van der Waals surface area contributed by atoms with E-state index in [4.69, 9.17) is 9.11 Å². The third kappa shape index (κ3) is 5.16. The molecule has 0 aliphatic heterocycles. The van der Waals surface area contributed by atoms with Gasteiger partial charge in [0.25, 0.3) is 20.2 Å². The molecule has 100 valence electrons. The number of hydrogen-bond donors (Lipinski definition) is 2. The molecule has 2 aromatic carbocycles. The minimum atomic E-state index is -4.59. The van der Waals surface area contributed by atoms with E-state index in [0.717, 1.165) is 6.07 Å². The summed E-state index contributed by atoms with van der Waals surface area (Å²) in [6, 6.07) is 7.85. The van der Waals surface area contributed by atoms with Gasteiger partial charge < -0.3 is 2.85 Å². The number of benzene rings is 2. The molecule has 2 aromatic rings. The van der Waals surface area contributed by atoms with Crippen molar-refractivity contribution in [1.29, 1.82) is 0 Å². The Kier molecular flexibility index (Phi) is 8.78. The molecule has 0 fully saturated rings. The molecule has 2 N–H and O–H groups in total. The van der Waals surface area contributed by atoms with Crippen LogP contribution in [0.1, 0.15) is 2.85 Å². The van der Waals surface area contributed by atoms with Gasteiger partial charge in [-0.1, -0.05) is 24.3 Å². The van der Waals surface area contributed by atoms with Crippen LogP contribution < -0.4 is 103 Å². The monoisotopic (exact) mass is 368 g/mol. The van der Waals surface area contributed by atoms with Crippen molar-refractivity contribution in [3.8, 4) is 0 Å². The predicted molar refractivity (Wildman–Crippen MR) is 65.8 cm³/mol. The van der Waals surface area contributed by atoms with Crippen LogP contribution in [0, 0.1) is 0 Å². The summed E-state index contributed by atoms with van der Waals surface area (Å²) in [5, 5.41) is 0.452. The smallest absolute Gasteiger partial charge is 1.00 e. The quantitative estimate of drug-likeness (QED) is 0.409. The predicted octanol–water partition coefficient (Wildman–Crippen LogP) is -4.43. The maximum atomic E-state index is 11.2. The normalized spacial score (nSPS) is 11.5. The largest absolute Gasteiger partial charge is 1.00 e. The van der Waals surface area contributed by atoms with E-state index in [1.807, 2.05) is 0 Å². The third-order valence-corrected chi connectivity index (χ3v) is 4.10. The number of fused-ring (bicyclic) bond motifs is 1. The maximum Gasteiger partial charge on any atom is 1.00 e. The zero-order valence-corrected chi connectivity index (χ0v) is 18.7. The fourth-order valence-corrected chi connectivity index (χ4v) is 2.97. The summed E-state index contributed by atoms with van der Waals surface area (Å²) >= 11 is 0. The molecule has 10 heteroatoms. The van der Waals surface area contributed by atoms with Crippen LogP contribution in [0.15, 0.2) is 46.2 Å². The Morgan fingerprint density at radius 1 is 0.850 bits per heavy atom. The maximum absolute atomic E-state index is 11.2. The van der Waals surface area contributed by atoms with Crippen LogP contribution in [0.2, 0.25) is 0 Å². The van der Waals surface area contributed by atoms with Gasteiger partial charge in [-0.2, -0.15) is 16.8 Å². The SMILES string of the molecule is O=S(=O)(O)c1cc(S(=O)(=O)O)c2ccccc2c1.[H-].[H-].[K+].[K+]. The first-order chi connectivity index (χ1) is 8.19. The fraction of sp³-hybridized carbons (Fsp3) is 0. The molecule has 0 radical (unpaired) electrons. The first-order valence-electron chi connectivity index (χ1n) is 4.67. The van der Waals surface area contributed by atoms with Crippen molar-refractivity contribution in [3.63, 3.8) is 0 Å². The van der Waals surface area contributed by atoms with Crippen LogP contribution in [0.3, 0.4) is 0 Å². The summed E-state index contributed by atoms with van der Waals surface area (Å²) in [7, 11) is -9.14. The van der Waals surface area contributed by atoms with Crippen molar-refractivity contribution in [2.75, 3.05) is 0 Å². The van der Waals surface area contributed by atoms with Crippen LogP contribution in [0.5, 0.6) is 0 Å². The van der Waals surface area contributed by atoms with Gasteiger partial charge in [-0.05, 0) is 17.5 Å².